The molecule has 3 aromatic rings. The zero-order valence-corrected chi connectivity index (χ0v) is 14.2. The number of aromatic nitrogens is 2. The summed E-state index contributed by atoms with van der Waals surface area (Å²) >= 11 is 5.86. The van der Waals surface area contributed by atoms with Gasteiger partial charge in [0.05, 0.1) is 5.56 Å². The first kappa shape index (κ1) is 16.9. The van der Waals surface area contributed by atoms with E-state index < -0.39 is 5.91 Å². The van der Waals surface area contributed by atoms with E-state index in [4.69, 9.17) is 16.3 Å². The number of anilines is 1. The van der Waals surface area contributed by atoms with Crippen LogP contribution < -0.4 is 10.1 Å². The summed E-state index contributed by atoms with van der Waals surface area (Å²) in [5.41, 5.74) is 0.691. The van der Waals surface area contributed by atoms with Crippen molar-refractivity contribution in [2.45, 2.75) is 6.61 Å². The van der Waals surface area contributed by atoms with Crippen LogP contribution in [0.25, 0.3) is 0 Å². The molecule has 0 aliphatic heterocycles. The molecule has 0 saturated heterocycles. The van der Waals surface area contributed by atoms with Crippen molar-refractivity contribution in [3.05, 3.63) is 71.3 Å². The van der Waals surface area contributed by atoms with Crippen molar-refractivity contribution in [3.63, 3.8) is 0 Å². The number of nitrogens with zero attached hydrogens (tertiary/aromatic N) is 2. The van der Waals surface area contributed by atoms with Gasteiger partial charge in [0.1, 0.15) is 23.9 Å². The van der Waals surface area contributed by atoms with Gasteiger partial charge < -0.3 is 19.7 Å². The summed E-state index contributed by atoms with van der Waals surface area (Å²) in [6.07, 6.45) is 3.56. The molecule has 3 rings (SSSR count). The van der Waals surface area contributed by atoms with Crippen LogP contribution in [0, 0.1) is 0 Å². The molecule has 0 atom stereocenters. The average Bonchev–Trinajstić information content (AvgIpc) is 3.01. The highest BCUT2D eigenvalue weighted by Crippen LogP contribution is 2.23. The first-order valence-corrected chi connectivity index (χ1v) is 7.89. The predicted octanol–water partition coefficient (Wildman–Crippen LogP) is 3.61. The number of aryl methyl sites for hydroxylation is 1. The number of halogens is 1. The Bertz CT molecular complexity index is 891. The Balaban J connectivity index is 1.63. The number of benzene rings is 2. The van der Waals surface area contributed by atoms with Crippen LogP contribution in [0.5, 0.6) is 11.5 Å². The van der Waals surface area contributed by atoms with Gasteiger partial charge in [-0.05, 0) is 42.5 Å². The molecule has 0 radical (unpaired) electrons. The summed E-state index contributed by atoms with van der Waals surface area (Å²) in [6.45, 7) is 0.353. The van der Waals surface area contributed by atoms with Crippen molar-refractivity contribution >= 4 is 23.2 Å². The summed E-state index contributed by atoms with van der Waals surface area (Å²) < 4.78 is 7.54. The molecule has 25 heavy (non-hydrogen) atoms. The lowest BCUT2D eigenvalue weighted by atomic mass is 10.2. The van der Waals surface area contributed by atoms with E-state index in [2.05, 4.69) is 10.3 Å². The molecular weight excluding hydrogens is 342 g/mol. The van der Waals surface area contributed by atoms with Gasteiger partial charge in [0.15, 0.2) is 0 Å². The second-order valence-electron chi connectivity index (χ2n) is 5.38. The molecule has 128 valence electrons. The second-order valence-corrected chi connectivity index (χ2v) is 5.82. The van der Waals surface area contributed by atoms with Gasteiger partial charge in [-0.25, -0.2) is 4.98 Å². The molecule has 0 unspecified atom stereocenters. The van der Waals surface area contributed by atoms with Gasteiger partial charge >= 0.3 is 0 Å². The number of carbonyl (C=O) groups excluding carboxylic acids is 1. The largest absolute Gasteiger partial charge is 0.507 e. The number of ether oxygens (including phenoxy) is 1. The van der Waals surface area contributed by atoms with Crippen LogP contribution in [0.1, 0.15) is 16.2 Å². The molecule has 2 aromatic carbocycles. The molecule has 0 aliphatic rings. The fourth-order valence-electron chi connectivity index (χ4n) is 2.21. The maximum Gasteiger partial charge on any atom is 0.259 e. The number of hydrogen-bond acceptors (Lipinski definition) is 4. The third-order valence-electron chi connectivity index (χ3n) is 3.60. The smallest absolute Gasteiger partial charge is 0.259 e. The van der Waals surface area contributed by atoms with Crippen molar-refractivity contribution in [2.24, 2.45) is 7.05 Å². The molecule has 1 heterocycles. The average molecular weight is 358 g/mol. The quantitative estimate of drug-likeness (QED) is 0.731. The third-order valence-corrected chi connectivity index (χ3v) is 3.84. The van der Waals surface area contributed by atoms with Crippen molar-refractivity contribution in [3.8, 4) is 11.5 Å². The fourth-order valence-corrected chi connectivity index (χ4v) is 2.38. The highest BCUT2D eigenvalue weighted by Gasteiger charge is 2.12. The third kappa shape index (κ3) is 4.10. The fraction of sp³-hybridized carbons (Fsp3) is 0.111. The maximum atomic E-state index is 12.2. The molecule has 0 fully saturated rings. The van der Waals surface area contributed by atoms with Crippen LogP contribution in [0.15, 0.2) is 54.9 Å². The number of rotatable bonds is 5. The Morgan fingerprint density at radius 1 is 1.28 bits per heavy atom. The molecule has 1 amide bonds. The van der Waals surface area contributed by atoms with Crippen LogP contribution in [-0.2, 0) is 13.7 Å². The molecule has 0 saturated carbocycles. The van der Waals surface area contributed by atoms with E-state index >= 15 is 0 Å². The van der Waals surface area contributed by atoms with Crippen LogP contribution in [0.4, 0.5) is 5.69 Å². The van der Waals surface area contributed by atoms with E-state index in [-0.39, 0.29) is 11.3 Å². The summed E-state index contributed by atoms with van der Waals surface area (Å²) in [5.74, 6) is 0.902. The monoisotopic (exact) mass is 357 g/mol. The van der Waals surface area contributed by atoms with Gasteiger partial charge in [0, 0.05) is 30.2 Å². The van der Waals surface area contributed by atoms with Gasteiger partial charge in [-0.15, -0.1) is 0 Å². The van der Waals surface area contributed by atoms with E-state index in [1.807, 2.05) is 17.8 Å². The van der Waals surface area contributed by atoms with E-state index in [1.165, 1.54) is 18.2 Å². The lowest BCUT2D eigenvalue weighted by Gasteiger charge is -2.09. The highest BCUT2D eigenvalue weighted by atomic mass is 35.5. The lowest BCUT2D eigenvalue weighted by Crippen LogP contribution is -2.12. The van der Waals surface area contributed by atoms with Crippen LogP contribution in [0.3, 0.4) is 0 Å². The number of amides is 1. The Hall–Kier alpha value is -2.99. The second kappa shape index (κ2) is 7.27. The Labute approximate surface area is 149 Å². The number of phenols is 1. The molecule has 6 nitrogen and oxygen atoms in total. The Morgan fingerprint density at radius 2 is 2.04 bits per heavy atom. The Morgan fingerprint density at radius 3 is 2.72 bits per heavy atom. The summed E-state index contributed by atoms with van der Waals surface area (Å²) in [7, 11) is 1.90. The SMILES string of the molecule is Cn1ccnc1COc1ccc(NC(=O)c2cc(Cl)ccc2O)cc1. The van der Waals surface area contributed by atoms with Crippen LogP contribution in [-0.4, -0.2) is 20.6 Å². The Kier molecular flexibility index (Phi) is 4.90. The van der Waals surface area contributed by atoms with Gasteiger partial charge in [-0.1, -0.05) is 11.6 Å². The number of imidazole rings is 1. The van der Waals surface area contributed by atoms with Crippen molar-refractivity contribution in [1.82, 2.24) is 9.55 Å². The van der Waals surface area contributed by atoms with E-state index in [9.17, 15) is 9.90 Å². The van der Waals surface area contributed by atoms with Crippen molar-refractivity contribution in [1.29, 1.82) is 0 Å². The minimum atomic E-state index is -0.443. The number of nitrogens with one attached hydrogen (secondary N) is 1. The molecule has 0 aliphatic carbocycles. The summed E-state index contributed by atoms with van der Waals surface area (Å²) in [5, 5.41) is 12.8. The van der Waals surface area contributed by atoms with Gasteiger partial charge in [-0.2, -0.15) is 0 Å². The first-order valence-electron chi connectivity index (χ1n) is 7.52. The minimum absolute atomic E-state index is 0.114. The van der Waals surface area contributed by atoms with Crippen LogP contribution >= 0.6 is 11.6 Å². The first-order chi connectivity index (χ1) is 12.0. The van der Waals surface area contributed by atoms with E-state index in [0.717, 1.165) is 5.82 Å². The van der Waals surface area contributed by atoms with Gasteiger partial charge in [-0.3, -0.25) is 4.79 Å². The predicted molar refractivity (Wildman–Crippen MR) is 95.1 cm³/mol. The minimum Gasteiger partial charge on any atom is -0.507 e. The lowest BCUT2D eigenvalue weighted by molar-refractivity contribution is 0.102. The molecule has 1 aromatic heterocycles. The molecule has 0 bridgehead atoms. The van der Waals surface area contributed by atoms with E-state index in [1.54, 1.807) is 30.5 Å². The number of hydrogen-bond donors (Lipinski definition) is 2. The normalized spacial score (nSPS) is 10.5. The summed E-state index contributed by atoms with van der Waals surface area (Å²) in [6, 6.07) is 11.2. The zero-order chi connectivity index (χ0) is 17.8. The van der Waals surface area contributed by atoms with Crippen molar-refractivity contribution in [2.75, 3.05) is 5.32 Å². The van der Waals surface area contributed by atoms with Gasteiger partial charge in [0.25, 0.3) is 5.91 Å². The standard InChI is InChI=1S/C18H16ClN3O3/c1-22-9-8-20-17(22)11-25-14-5-3-13(4-6-14)21-18(24)15-10-12(19)2-7-16(15)23/h2-10,23H,11H2,1H3,(H,21,24). The molecular formula is C18H16ClN3O3. The molecule has 2 N–H and O–H groups in total. The zero-order valence-electron chi connectivity index (χ0n) is 13.4. The highest BCUT2D eigenvalue weighted by molar-refractivity contribution is 6.31. The van der Waals surface area contributed by atoms with E-state index in [0.29, 0.717) is 23.1 Å². The summed E-state index contributed by atoms with van der Waals surface area (Å²) in [4.78, 5) is 16.4. The molecule has 7 heteroatoms. The van der Waals surface area contributed by atoms with Crippen LogP contribution in [0.2, 0.25) is 5.02 Å². The number of aromatic hydroxyl groups is 1. The number of phenolic OH excluding ortho intramolecular Hbond substituents is 1. The number of carbonyl (C=O) groups is 1. The van der Waals surface area contributed by atoms with Gasteiger partial charge in [0.2, 0.25) is 0 Å². The topological polar surface area (TPSA) is 76.4 Å². The van der Waals surface area contributed by atoms with Crippen molar-refractivity contribution < 1.29 is 14.6 Å². The molecule has 0 spiro atoms. The maximum absolute atomic E-state index is 12.2.